The molecule has 2 aromatic rings. The number of rotatable bonds is 5. The second-order valence-electron chi connectivity index (χ2n) is 4.98. The lowest BCUT2D eigenvalue weighted by Gasteiger charge is -2.31. The quantitative estimate of drug-likeness (QED) is 0.902. The van der Waals surface area contributed by atoms with Crippen LogP contribution in [0.4, 0.5) is 0 Å². The van der Waals surface area contributed by atoms with Crippen molar-refractivity contribution in [1.29, 1.82) is 5.26 Å². The zero-order valence-corrected chi connectivity index (χ0v) is 12.5. The highest BCUT2D eigenvalue weighted by atomic mass is 32.1. The Bertz CT molecular complexity index is 603. The monoisotopic (exact) mass is 303 g/mol. The minimum Gasteiger partial charge on any atom is -0.339 e. The highest BCUT2D eigenvalue weighted by Crippen LogP contribution is 2.21. The molecule has 1 aliphatic rings. The molecule has 1 unspecified atom stereocenters. The number of nitrogens with one attached hydrogen (secondary N) is 1. The zero-order valence-electron chi connectivity index (χ0n) is 11.7. The van der Waals surface area contributed by atoms with E-state index in [1.165, 1.54) is 0 Å². The van der Waals surface area contributed by atoms with E-state index < -0.39 is 0 Å². The van der Waals surface area contributed by atoms with Crippen molar-refractivity contribution in [2.75, 3.05) is 26.2 Å². The summed E-state index contributed by atoms with van der Waals surface area (Å²) in [4.78, 5) is 7.65. The van der Waals surface area contributed by atoms with Crippen molar-refractivity contribution in [3.63, 3.8) is 0 Å². The molecule has 1 aliphatic heterocycles. The molecule has 7 heteroatoms. The van der Waals surface area contributed by atoms with Gasteiger partial charge in [0.25, 0.3) is 0 Å². The van der Waals surface area contributed by atoms with Crippen molar-refractivity contribution >= 4 is 11.3 Å². The van der Waals surface area contributed by atoms with Gasteiger partial charge in [-0.2, -0.15) is 10.2 Å². The number of piperazine rings is 1. The fourth-order valence-electron chi connectivity index (χ4n) is 2.44. The van der Waals surface area contributed by atoms with Gasteiger partial charge in [-0.15, -0.1) is 11.3 Å². The lowest BCUT2D eigenvalue weighted by molar-refractivity contribution is 0.193. The third kappa shape index (κ3) is 3.47. The average molecular weight is 303 g/mol. The Morgan fingerprint density at radius 3 is 3.33 bits per heavy atom. The maximum atomic E-state index is 9.12. The lowest BCUT2D eigenvalue weighted by Crippen LogP contribution is -2.50. The maximum absolute atomic E-state index is 9.12. The van der Waals surface area contributed by atoms with E-state index in [4.69, 9.17) is 9.78 Å². The molecule has 0 bridgehead atoms. The van der Waals surface area contributed by atoms with Crippen LogP contribution in [0.5, 0.6) is 0 Å². The first-order valence-corrected chi connectivity index (χ1v) is 7.95. The van der Waals surface area contributed by atoms with Crippen molar-refractivity contribution in [2.45, 2.75) is 18.9 Å². The van der Waals surface area contributed by atoms with E-state index in [0.29, 0.717) is 11.7 Å². The van der Waals surface area contributed by atoms with Gasteiger partial charge in [0.15, 0.2) is 0 Å². The predicted octanol–water partition coefficient (Wildman–Crippen LogP) is 1.53. The Balaban J connectivity index is 1.50. The van der Waals surface area contributed by atoms with Crippen molar-refractivity contribution in [3.05, 3.63) is 23.4 Å². The van der Waals surface area contributed by atoms with Crippen LogP contribution in [0.3, 0.4) is 0 Å². The van der Waals surface area contributed by atoms with Crippen molar-refractivity contribution in [2.24, 2.45) is 0 Å². The lowest BCUT2D eigenvalue weighted by atomic mass is 10.2. The van der Waals surface area contributed by atoms with Crippen LogP contribution in [-0.4, -0.2) is 47.3 Å². The molecular weight excluding hydrogens is 286 g/mol. The molecule has 1 saturated heterocycles. The van der Waals surface area contributed by atoms with Crippen LogP contribution in [0.2, 0.25) is 0 Å². The third-order valence-corrected chi connectivity index (χ3v) is 4.41. The zero-order chi connectivity index (χ0) is 14.5. The van der Waals surface area contributed by atoms with E-state index in [-0.39, 0.29) is 6.04 Å². The average Bonchev–Trinajstić information content (AvgIpc) is 3.18. The van der Waals surface area contributed by atoms with Gasteiger partial charge < -0.3 is 9.84 Å². The van der Waals surface area contributed by atoms with Gasteiger partial charge in [0, 0.05) is 26.1 Å². The topological polar surface area (TPSA) is 78.0 Å². The number of hydrogen-bond donors (Lipinski definition) is 1. The van der Waals surface area contributed by atoms with Crippen molar-refractivity contribution < 1.29 is 4.52 Å². The van der Waals surface area contributed by atoms with Gasteiger partial charge >= 0.3 is 0 Å². The van der Waals surface area contributed by atoms with Gasteiger partial charge in [-0.05, 0) is 24.4 Å². The Morgan fingerprint density at radius 1 is 1.57 bits per heavy atom. The molecule has 110 valence electrons. The Kier molecular flexibility index (Phi) is 4.60. The van der Waals surface area contributed by atoms with Crippen molar-refractivity contribution in [1.82, 2.24) is 20.4 Å². The SMILES string of the molecule is N#CC1CNCCN1CCCc1nc(-c2cccs2)no1. The molecule has 0 aliphatic carbocycles. The van der Waals surface area contributed by atoms with Crippen LogP contribution in [-0.2, 0) is 6.42 Å². The number of aromatic nitrogens is 2. The fourth-order valence-corrected chi connectivity index (χ4v) is 3.09. The van der Waals surface area contributed by atoms with Crippen LogP contribution >= 0.6 is 11.3 Å². The molecule has 3 heterocycles. The molecule has 0 aromatic carbocycles. The summed E-state index contributed by atoms with van der Waals surface area (Å²) in [5.74, 6) is 1.33. The summed E-state index contributed by atoms with van der Waals surface area (Å²) in [6.45, 7) is 3.50. The molecule has 0 radical (unpaired) electrons. The fraction of sp³-hybridized carbons (Fsp3) is 0.500. The van der Waals surface area contributed by atoms with Gasteiger partial charge in [-0.1, -0.05) is 11.2 Å². The van der Waals surface area contributed by atoms with E-state index in [2.05, 4.69) is 26.4 Å². The molecule has 1 atom stereocenters. The Morgan fingerprint density at radius 2 is 2.52 bits per heavy atom. The molecule has 1 N–H and O–H groups in total. The first-order valence-electron chi connectivity index (χ1n) is 7.07. The number of nitriles is 1. The minimum absolute atomic E-state index is 0.0249. The first kappa shape index (κ1) is 14.2. The minimum atomic E-state index is -0.0249. The summed E-state index contributed by atoms with van der Waals surface area (Å²) in [7, 11) is 0. The third-order valence-electron chi connectivity index (χ3n) is 3.55. The van der Waals surface area contributed by atoms with Gasteiger partial charge in [0.2, 0.25) is 11.7 Å². The molecule has 3 rings (SSSR count). The Labute approximate surface area is 127 Å². The first-order chi connectivity index (χ1) is 10.4. The Hall–Kier alpha value is -1.75. The van der Waals surface area contributed by atoms with Crippen LogP contribution in [0.1, 0.15) is 12.3 Å². The van der Waals surface area contributed by atoms with E-state index in [9.17, 15) is 0 Å². The largest absolute Gasteiger partial charge is 0.339 e. The highest BCUT2D eigenvalue weighted by molar-refractivity contribution is 7.13. The smallest absolute Gasteiger partial charge is 0.227 e. The number of aryl methyl sites for hydroxylation is 1. The molecule has 0 spiro atoms. The maximum Gasteiger partial charge on any atom is 0.227 e. The second-order valence-corrected chi connectivity index (χ2v) is 5.93. The van der Waals surface area contributed by atoms with Gasteiger partial charge in [0.1, 0.15) is 6.04 Å². The highest BCUT2D eigenvalue weighted by Gasteiger charge is 2.21. The predicted molar refractivity (Wildman–Crippen MR) is 79.8 cm³/mol. The second kappa shape index (κ2) is 6.80. The number of hydrogen-bond acceptors (Lipinski definition) is 7. The normalized spacial score (nSPS) is 19.5. The summed E-state index contributed by atoms with van der Waals surface area (Å²) >= 11 is 1.60. The summed E-state index contributed by atoms with van der Waals surface area (Å²) in [5.41, 5.74) is 0. The van der Waals surface area contributed by atoms with E-state index in [1.807, 2.05) is 17.5 Å². The molecule has 1 fully saturated rings. The van der Waals surface area contributed by atoms with Gasteiger partial charge in [-0.3, -0.25) is 4.90 Å². The van der Waals surface area contributed by atoms with E-state index in [1.54, 1.807) is 11.3 Å². The van der Waals surface area contributed by atoms with Gasteiger partial charge in [0.05, 0.1) is 10.9 Å². The van der Waals surface area contributed by atoms with E-state index in [0.717, 1.165) is 43.9 Å². The molecule has 21 heavy (non-hydrogen) atoms. The summed E-state index contributed by atoms with van der Waals surface area (Å²) < 4.78 is 5.28. The van der Waals surface area contributed by atoms with Gasteiger partial charge in [-0.25, -0.2) is 0 Å². The summed E-state index contributed by atoms with van der Waals surface area (Å²) in [6.07, 6.45) is 1.67. The van der Waals surface area contributed by atoms with Crippen LogP contribution in [0.15, 0.2) is 22.0 Å². The number of thiophene rings is 1. The van der Waals surface area contributed by atoms with E-state index >= 15 is 0 Å². The standard InChI is InChI=1S/C14H17N5OS/c15-9-11-10-16-5-7-19(11)6-1-4-13-17-14(18-20-13)12-3-2-8-21-12/h2-3,8,11,16H,1,4-7,10H2. The number of nitrogens with zero attached hydrogens (tertiary/aromatic N) is 4. The summed E-state index contributed by atoms with van der Waals surface area (Å²) in [6, 6.07) is 6.27. The molecule has 6 nitrogen and oxygen atoms in total. The van der Waals surface area contributed by atoms with Crippen LogP contribution in [0, 0.1) is 11.3 Å². The van der Waals surface area contributed by atoms with Crippen LogP contribution < -0.4 is 5.32 Å². The van der Waals surface area contributed by atoms with Crippen LogP contribution in [0.25, 0.3) is 10.7 Å². The molecule has 0 amide bonds. The summed E-state index contributed by atoms with van der Waals surface area (Å²) in [5, 5.41) is 18.4. The molecule has 0 saturated carbocycles. The van der Waals surface area contributed by atoms with Crippen molar-refractivity contribution in [3.8, 4) is 16.8 Å². The molecule has 2 aromatic heterocycles. The molecular formula is C14H17N5OS.